The van der Waals surface area contributed by atoms with Crippen LogP contribution in [0.3, 0.4) is 0 Å². The Morgan fingerprint density at radius 1 is 1.26 bits per heavy atom. The Hall–Kier alpha value is -1.87. The summed E-state index contributed by atoms with van der Waals surface area (Å²) in [6.07, 6.45) is 5.57. The minimum Gasteiger partial charge on any atom is -0.461 e. The number of rotatable bonds is 8. The molecule has 0 radical (unpaired) electrons. The second-order valence-electron chi connectivity index (χ2n) is 7.06. The maximum Gasteiger partial charge on any atom is 0.354 e. The summed E-state index contributed by atoms with van der Waals surface area (Å²) in [5.74, 6) is -0.0320. The molecule has 0 spiro atoms. The van der Waals surface area contributed by atoms with Gasteiger partial charge in [-0.05, 0) is 44.6 Å². The monoisotopic (exact) mass is 399 g/mol. The van der Waals surface area contributed by atoms with Crippen molar-refractivity contribution in [3.05, 3.63) is 18.0 Å². The van der Waals surface area contributed by atoms with Gasteiger partial charge in [-0.15, -0.1) is 0 Å². The lowest BCUT2D eigenvalue weighted by molar-refractivity contribution is -0.121. The van der Waals surface area contributed by atoms with Crippen molar-refractivity contribution in [3.63, 3.8) is 0 Å². The number of amides is 1. The van der Waals surface area contributed by atoms with Gasteiger partial charge in [-0.1, -0.05) is 6.92 Å². The highest BCUT2D eigenvalue weighted by Gasteiger charge is 2.22. The zero-order chi connectivity index (χ0) is 20.0. The van der Waals surface area contributed by atoms with E-state index in [0.29, 0.717) is 5.92 Å². The fraction of sp³-hybridized carbons (Fsp3) is 0.667. The predicted molar refractivity (Wildman–Crippen MR) is 101 cm³/mol. The van der Waals surface area contributed by atoms with E-state index in [1.54, 1.807) is 14.0 Å². The molecule has 1 amide bonds. The van der Waals surface area contributed by atoms with Crippen molar-refractivity contribution in [2.75, 3.05) is 13.2 Å². The number of aromatic nitrogens is 1. The number of hydrogen-bond acceptors (Lipinski definition) is 5. The molecule has 0 aliphatic heterocycles. The summed E-state index contributed by atoms with van der Waals surface area (Å²) in [5.41, 5.74) is 0.154. The molecule has 0 bridgehead atoms. The van der Waals surface area contributed by atoms with E-state index in [1.165, 1.54) is 16.8 Å². The van der Waals surface area contributed by atoms with Crippen molar-refractivity contribution in [1.29, 1.82) is 0 Å². The topological polar surface area (TPSA) is 106 Å². The molecule has 27 heavy (non-hydrogen) atoms. The number of aryl methyl sites for hydroxylation is 1. The summed E-state index contributed by atoms with van der Waals surface area (Å²) in [4.78, 5) is 23.8. The van der Waals surface area contributed by atoms with E-state index >= 15 is 0 Å². The van der Waals surface area contributed by atoms with Crippen LogP contribution in [0.4, 0.5) is 0 Å². The summed E-state index contributed by atoms with van der Waals surface area (Å²) in [6.45, 7) is 4.10. The Morgan fingerprint density at radius 3 is 2.56 bits per heavy atom. The molecule has 0 atom stereocenters. The van der Waals surface area contributed by atoms with Gasteiger partial charge in [0.25, 0.3) is 0 Å². The first-order valence-electron chi connectivity index (χ1n) is 9.35. The van der Waals surface area contributed by atoms with Gasteiger partial charge < -0.3 is 14.6 Å². The third kappa shape index (κ3) is 6.07. The first kappa shape index (κ1) is 21.4. The van der Waals surface area contributed by atoms with Crippen molar-refractivity contribution >= 4 is 21.9 Å². The van der Waals surface area contributed by atoms with Crippen molar-refractivity contribution in [1.82, 2.24) is 14.6 Å². The third-order valence-corrected chi connectivity index (χ3v) is 6.23. The first-order chi connectivity index (χ1) is 12.7. The maximum atomic E-state index is 12.4. The average Bonchev–Trinajstić information content (AvgIpc) is 3.00. The van der Waals surface area contributed by atoms with Gasteiger partial charge in [-0.3, -0.25) is 4.79 Å². The normalized spacial score (nSPS) is 20.3. The molecule has 1 aliphatic rings. The van der Waals surface area contributed by atoms with Crippen molar-refractivity contribution < 1.29 is 22.7 Å². The second kappa shape index (κ2) is 9.36. The van der Waals surface area contributed by atoms with Crippen LogP contribution in [0.2, 0.25) is 0 Å². The number of sulfonamides is 1. The van der Waals surface area contributed by atoms with E-state index in [2.05, 4.69) is 17.0 Å². The largest absolute Gasteiger partial charge is 0.461 e. The maximum absolute atomic E-state index is 12.4. The van der Waals surface area contributed by atoms with Gasteiger partial charge in [0.2, 0.25) is 15.9 Å². The molecule has 1 aromatic rings. The van der Waals surface area contributed by atoms with E-state index in [9.17, 15) is 18.0 Å². The summed E-state index contributed by atoms with van der Waals surface area (Å²) < 4.78 is 33.5. The number of ether oxygens (including phenoxy) is 1. The Balaban J connectivity index is 1.85. The Kier molecular flexibility index (Phi) is 7.43. The Labute approximate surface area is 160 Å². The Bertz CT molecular complexity index is 764. The van der Waals surface area contributed by atoms with Crippen LogP contribution in [0.5, 0.6) is 0 Å². The zero-order valence-corrected chi connectivity index (χ0v) is 17.0. The van der Waals surface area contributed by atoms with E-state index in [1.807, 2.05) is 0 Å². The zero-order valence-electron chi connectivity index (χ0n) is 16.2. The highest BCUT2D eigenvalue weighted by Crippen LogP contribution is 2.23. The van der Waals surface area contributed by atoms with Crippen molar-refractivity contribution in [2.45, 2.75) is 56.9 Å². The summed E-state index contributed by atoms with van der Waals surface area (Å²) in [6, 6.07) is 1.45. The summed E-state index contributed by atoms with van der Waals surface area (Å²) >= 11 is 0. The van der Waals surface area contributed by atoms with Crippen LogP contribution in [-0.4, -0.2) is 44.1 Å². The highest BCUT2D eigenvalue weighted by atomic mass is 32.2. The lowest BCUT2D eigenvalue weighted by atomic mass is 9.87. The molecule has 2 N–H and O–H groups in total. The lowest BCUT2D eigenvalue weighted by Gasteiger charge is -2.26. The molecule has 2 rings (SSSR count). The minimum atomic E-state index is -3.81. The molecule has 1 aromatic heterocycles. The molecular formula is C18H29N3O5S. The number of carbonyl (C=O) groups excluding carboxylic acids is 2. The molecule has 9 heteroatoms. The van der Waals surface area contributed by atoms with Crippen LogP contribution in [0.1, 0.15) is 56.4 Å². The molecule has 0 saturated heterocycles. The van der Waals surface area contributed by atoms with Gasteiger partial charge in [0.15, 0.2) is 0 Å². The van der Waals surface area contributed by atoms with Gasteiger partial charge >= 0.3 is 5.97 Å². The molecule has 1 fully saturated rings. The average molecular weight is 400 g/mol. The number of nitrogens with one attached hydrogen (secondary N) is 2. The fourth-order valence-electron chi connectivity index (χ4n) is 3.18. The first-order valence-corrected chi connectivity index (χ1v) is 10.8. The van der Waals surface area contributed by atoms with E-state index in [4.69, 9.17) is 4.74 Å². The van der Waals surface area contributed by atoms with Gasteiger partial charge in [0.05, 0.1) is 6.61 Å². The Morgan fingerprint density at radius 2 is 1.93 bits per heavy atom. The third-order valence-electron chi connectivity index (χ3n) is 4.80. The molecule has 1 saturated carbocycles. The van der Waals surface area contributed by atoms with Gasteiger partial charge in [0, 0.05) is 32.3 Å². The van der Waals surface area contributed by atoms with Gasteiger partial charge in [0.1, 0.15) is 10.6 Å². The SMILES string of the molecule is CCOC(=O)c1cc(S(=O)(=O)NCCC(=O)NC2CCC(C)CC2)cn1C. The molecule has 152 valence electrons. The minimum absolute atomic E-state index is 0.000916. The van der Waals surface area contributed by atoms with E-state index in [0.717, 1.165) is 25.7 Å². The van der Waals surface area contributed by atoms with Crippen molar-refractivity contribution in [3.8, 4) is 0 Å². The quantitative estimate of drug-likeness (QED) is 0.645. The molecule has 8 nitrogen and oxygen atoms in total. The van der Waals surface area contributed by atoms with Gasteiger partial charge in [-0.25, -0.2) is 17.9 Å². The smallest absolute Gasteiger partial charge is 0.354 e. The second-order valence-corrected chi connectivity index (χ2v) is 8.83. The van der Waals surface area contributed by atoms with Crippen molar-refractivity contribution in [2.24, 2.45) is 13.0 Å². The number of esters is 1. The van der Waals surface area contributed by atoms with Crippen LogP contribution in [0, 0.1) is 5.92 Å². The molecule has 1 heterocycles. The standard InChI is InChI=1S/C18H29N3O5S/c1-4-26-18(23)16-11-15(12-21(16)3)27(24,25)19-10-9-17(22)20-14-7-5-13(2)6-8-14/h11-14,19H,4-10H2,1-3H3,(H,20,22). The molecule has 1 aliphatic carbocycles. The summed E-state index contributed by atoms with van der Waals surface area (Å²) in [5, 5.41) is 2.97. The molecule has 0 aromatic carbocycles. The number of nitrogens with zero attached hydrogens (tertiary/aromatic N) is 1. The fourth-order valence-corrected chi connectivity index (χ4v) is 4.28. The number of carbonyl (C=O) groups is 2. The van der Waals surface area contributed by atoms with Crippen LogP contribution >= 0.6 is 0 Å². The summed E-state index contributed by atoms with van der Waals surface area (Å²) in [7, 11) is -2.23. The lowest BCUT2D eigenvalue weighted by Crippen LogP contribution is -2.39. The van der Waals surface area contributed by atoms with E-state index < -0.39 is 16.0 Å². The van der Waals surface area contributed by atoms with Crippen LogP contribution in [-0.2, 0) is 26.6 Å². The van der Waals surface area contributed by atoms with Crippen LogP contribution < -0.4 is 10.0 Å². The van der Waals surface area contributed by atoms with E-state index in [-0.39, 0.29) is 42.1 Å². The number of hydrogen-bond donors (Lipinski definition) is 2. The van der Waals surface area contributed by atoms with Gasteiger partial charge in [-0.2, -0.15) is 0 Å². The molecular weight excluding hydrogens is 370 g/mol. The predicted octanol–water partition coefficient (Wildman–Crippen LogP) is 1.57. The van der Waals surface area contributed by atoms with Crippen LogP contribution in [0.25, 0.3) is 0 Å². The van der Waals surface area contributed by atoms with Crippen LogP contribution in [0.15, 0.2) is 17.2 Å². The molecule has 0 unspecified atom stereocenters. The highest BCUT2D eigenvalue weighted by molar-refractivity contribution is 7.89.